The zero-order chi connectivity index (χ0) is 18.0. The van der Waals surface area contributed by atoms with Crippen LogP contribution in [-0.4, -0.2) is 97.0 Å². The van der Waals surface area contributed by atoms with Crippen LogP contribution in [0.1, 0.15) is 0 Å². The molecule has 2 aliphatic rings. The molecular formula is C15H15N3NaO5S2. The van der Waals surface area contributed by atoms with Crippen molar-refractivity contribution in [3.8, 4) is 0 Å². The molecule has 2 atom stereocenters. The zero-order valence-corrected chi connectivity index (χ0v) is 17.5. The summed E-state index contributed by atoms with van der Waals surface area (Å²) < 4.78 is 0. The molecule has 1 aromatic heterocycles. The molecule has 133 valence electrons. The number of pyridine rings is 1. The van der Waals surface area contributed by atoms with Gasteiger partial charge in [-0.15, -0.1) is 23.5 Å². The molecule has 3 rings (SSSR count). The number of amides is 2. The van der Waals surface area contributed by atoms with Gasteiger partial charge in [0, 0.05) is 52.6 Å². The molecule has 2 aliphatic heterocycles. The predicted molar refractivity (Wildman–Crippen MR) is 97.5 cm³/mol. The van der Waals surface area contributed by atoms with Crippen molar-refractivity contribution >= 4 is 70.9 Å². The average molecular weight is 404 g/mol. The molecule has 1 fully saturated rings. The van der Waals surface area contributed by atoms with Gasteiger partial charge in [0.05, 0.1) is 12.4 Å². The third-order valence-corrected chi connectivity index (χ3v) is 6.13. The number of carbonyl (C=O) groups excluding carboxylic acids is 2. The third-order valence-electron chi connectivity index (χ3n) is 3.78. The van der Waals surface area contributed by atoms with Gasteiger partial charge in [-0.2, -0.15) is 0 Å². The summed E-state index contributed by atoms with van der Waals surface area (Å²) in [5, 5.41) is 20.8. The van der Waals surface area contributed by atoms with E-state index in [4.69, 9.17) is 0 Å². The van der Waals surface area contributed by atoms with Crippen LogP contribution in [0.3, 0.4) is 0 Å². The minimum Gasteiger partial charge on any atom is -0.477 e. The number of aliphatic hydroxyl groups excluding tert-OH is 1. The number of hydrogen-bond donors (Lipinski definition) is 3. The summed E-state index contributed by atoms with van der Waals surface area (Å²) in [4.78, 5) is 41.7. The van der Waals surface area contributed by atoms with Gasteiger partial charge in [-0.1, -0.05) is 0 Å². The molecule has 0 unspecified atom stereocenters. The van der Waals surface area contributed by atoms with E-state index in [9.17, 15) is 24.6 Å². The SMILES string of the molecule is O=C(CSc1ccncc1)N[C@@H]1C(=O)N2C(C(=O)O)=C(CO)CS[C@H]12.[Na]. The first-order chi connectivity index (χ1) is 12.0. The average Bonchev–Trinajstić information content (AvgIpc) is 2.63. The van der Waals surface area contributed by atoms with Crippen LogP contribution < -0.4 is 5.32 Å². The fraction of sp³-hybridized carbons (Fsp3) is 0.333. The molecule has 0 aromatic carbocycles. The molecule has 0 bridgehead atoms. The van der Waals surface area contributed by atoms with Gasteiger partial charge in [-0.05, 0) is 17.7 Å². The standard InChI is InChI=1S/C15H15N3O5S2.Na/c19-5-8-6-25-14-11(13(21)18(14)12(8)15(22)23)17-10(20)7-24-9-1-3-16-4-2-9;/h1-4,11,14,19H,5-7H2,(H,17,20)(H,22,23);/t11-,14-;/m1./s1. The quantitative estimate of drug-likeness (QED) is 0.331. The van der Waals surface area contributed by atoms with Crippen LogP contribution in [0.25, 0.3) is 0 Å². The topological polar surface area (TPSA) is 120 Å². The smallest absolute Gasteiger partial charge is 0.352 e. The predicted octanol–water partition coefficient (Wildman–Crippen LogP) is -0.476. The first-order valence-electron chi connectivity index (χ1n) is 7.36. The minimum atomic E-state index is -1.25. The van der Waals surface area contributed by atoms with Crippen LogP contribution in [0.15, 0.2) is 40.7 Å². The largest absolute Gasteiger partial charge is 0.477 e. The number of fused-ring (bicyclic) bond motifs is 1. The summed E-state index contributed by atoms with van der Waals surface area (Å²) in [6.07, 6.45) is 3.26. The van der Waals surface area contributed by atoms with Crippen LogP contribution in [0, 0.1) is 0 Å². The minimum absolute atomic E-state index is 0. The molecule has 0 aliphatic carbocycles. The number of nitrogens with one attached hydrogen (secondary N) is 1. The van der Waals surface area contributed by atoms with E-state index in [0.717, 1.165) is 9.80 Å². The second-order valence-corrected chi connectivity index (χ2v) is 7.50. The summed E-state index contributed by atoms with van der Waals surface area (Å²) in [5.74, 6) is -1.56. The number of aliphatic carboxylic acids is 1. The number of rotatable bonds is 6. The number of aromatic nitrogens is 1. The van der Waals surface area contributed by atoms with Gasteiger partial charge in [0.2, 0.25) is 5.91 Å². The number of carboxylic acids is 1. The summed E-state index contributed by atoms with van der Waals surface area (Å²) >= 11 is 2.65. The molecule has 3 N–H and O–H groups in total. The first-order valence-corrected chi connectivity index (χ1v) is 9.39. The summed E-state index contributed by atoms with van der Waals surface area (Å²) in [5.41, 5.74) is 0.132. The number of carboxylic acid groups (broad SMARTS) is 1. The molecule has 1 aromatic rings. The Kier molecular flexibility index (Phi) is 7.56. The van der Waals surface area contributed by atoms with Crippen LogP contribution >= 0.6 is 23.5 Å². The monoisotopic (exact) mass is 404 g/mol. The first kappa shape index (κ1) is 21.3. The van der Waals surface area contributed by atoms with Gasteiger partial charge >= 0.3 is 5.97 Å². The summed E-state index contributed by atoms with van der Waals surface area (Å²) in [6, 6.07) is 2.82. The van der Waals surface area contributed by atoms with Gasteiger partial charge in [0.25, 0.3) is 5.91 Å². The van der Waals surface area contributed by atoms with Crippen molar-refractivity contribution in [2.75, 3.05) is 18.1 Å². The van der Waals surface area contributed by atoms with Gasteiger partial charge in [0.15, 0.2) is 0 Å². The number of aliphatic hydroxyl groups is 1. The molecule has 1 radical (unpaired) electrons. The van der Waals surface area contributed by atoms with E-state index in [0.29, 0.717) is 11.3 Å². The van der Waals surface area contributed by atoms with E-state index >= 15 is 0 Å². The molecule has 0 saturated carbocycles. The second-order valence-electron chi connectivity index (χ2n) is 5.34. The third kappa shape index (κ3) is 4.26. The van der Waals surface area contributed by atoms with E-state index in [1.165, 1.54) is 23.5 Å². The Labute approximate surface area is 180 Å². The molecule has 3 heterocycles. The molecule has 0 spiro atoms. The maximum absolute atomic E-state index is 12.3. The number of hydrogen-bond acceptors (Lipinski definition) is 7. The molecule has 26 heavy (non-hydrogen) atoms. The van der Waals surface area contributed by atoms with E-state index in [1.54, 1.807) is 24.5 Å². The maximum Gasteiger partial charge on any atom is 0.352 e. The number of thioether (sulfide) groups is 2. The Hall–Kier alpha value is -1.04. The van der Waals surface area contributed by atoms with Crippen LogP contribution in [0.2, 0.25) is 0 Å². The van der Waals surface area contributed by atoms with Crippen molar-refractivity contribution in [3.05, 3.63) is 35.8 Å². The van der Waals surface area contributed by atoms with Crippen LogP contribution in [0.5, 0.6) is 0 Å². The van der Waals surface area contributed by atoms with E-state index in [2.05, 4.69) is 10.3 Å². The van der Waals surface area contributed by atoms with Crippen molar-refractivity contribution < 1.29 is 24.6 Å². The Bertz CT molecular complexity index is 746. The van der Waals surface area contributed by atoms with Crippen molar-refractivity contribution in [2.45, 2.75) is 16.3 Å². The van der Waals surface area contributed by atoms with Gasteiger partial charge in [-0.25, -0.2) is 4.79 Å². The Morgan fingerprint density at radius 1 is 1.38 bits per heavy atom. The van der Waals surface area contributed by atoms with Crippen molar-refractivity contribution in [1.82, 2.24) is 15.2 Å². The normalized spacial score (nSPS) is 21.4. The summed E-state index contributed by atoms with van der Waals surface area (Å²) in [7, 11) is 0. The van der Waals surface area contributed by atoms with Crippen molar-refractivity contribution in [2.24, 2.45) is 0 Å². The van der Waals surface area contributed by atoms with E-state index in [-0.39, 0.29) is 46.9 Å². The Morgan fingerprint density at radius 2 is 2.08 bits per heavy atom. The van der Waals surface area contributed by atoms with Crippen LogP contribution in [0.4, 0.5) is 0 Å². The maximum atomic E-state index is 12.3. The van der Waals surface area contributed by atoms with Gasteiger partial charge in [0.1, 0.15) is 17.1 Å². The molecule has 11 heteroatoms. The van der Waals surface area contributed by atoms with Gasteiger partial charge < -0.3 is 15.5 Å². The molecule has 8 nitrogen and oxygen atoms in total. The van der Waals surface area contributed by atoms with Gasteiger partial charge in [-0.3, -0.25) is 19.5 Å². The molecular weight excluding hydrogens is 389 g/mol. The molecule has 2 amide bonds. The number of nitrogens with zero attached hydrogens (tertiary/aromatic N) is 2. The fourth-order valence-corrected chi connectivity index (χ4v) is 4.63. The van der Waals surface area contributed by atoms with Crippen molar-refractivity contribution in [3.63, 3.8) is 0 Å². The molecule has 1 saturated heterocycles. The van der Waals surface area contributed by atoms with Crippen molar-refractivity contribution in [1.29, 1.82) is 0 Å². The summed E-state index contributed by atoms with van der Waals surface area (Å²) in [6.45, 7) is -0.412. The fourth-order valence-electron chi connectivity index (χ4n) is 2.60. The van der Waals surface area contributed by atoms with Crippen LogP contribution in [-0.2, 0) is 14.4 Å². The van der Waals surface area contributed by atoms with E-state index < -0.39 is 29.9 Å². The van der Waals surface area contributed by atoms with E-state index in [1.807, 2.05) is 0 Å². The number of carbonyl (C=O) groups is 3. The number of β-lactam (4-membered cyclic amide) rings is 1. The Morgan fingerprint density at radius 3 is 2.69 bits per heavy atom. The zero-order valence-electron chi connectivity index (χ0n) is 13.9. The second kappa shape index (κ2) is 9.25. The Balaban J connectivity index is 0.00000243.